The van der Waals surface area contributed by atoms with E-state index in [1.807, 2.05) is 0 Å². The lowest BCUT2D eigenvalue weighted by molar-refractivity contribution is -0.385. The highest BCUT2D eigenvalue weighted by Crippen LogP contribution is 2.22. The summed E-state index contributed by atoms with van der Waals surface area (Å²) >= 11 is 0. The van der Waals surface area contributed by atoms with Crippen molar-refractivity contribution in [3.63, 3.8) is 0 Å². The smallest absolute Gasteiger partial charge is 0.272 e. The molecule has 0 spiro atoms. The summed E-state index contributed by atoms with van der Waals surface area (Å²) in [4.78, 5) is 23.4. The number of likely N-dealkylation sites (N-methyl/N-ethyl adjacent to an activating group) is 1. The Morgan fingerprint density at radius 2 is 2.06 bits per heavy atom. The Labute approximate surface area is 106 Å². The van der Waals surface area contributed by atoms with E-state index in [9.17, 15) is 14.9 Å². The van der Waals surface area contributed by atoms with E-state index in [1.165, 1.54) is 11.0 Å². The standard InChI is InChI=1S/C12H17N3O3/c1-8-7-10(5-6-11(8)15(17)18)13-9(2)12(16)14(3)4/h5-7,9,13H,1-4H3. The number of nitro benzene ring substituents is 1. The predicted molar refractivity (Wildman–Crippen MR) is 69.6 cm³/mol. The summed E-state index contributed by atoms with van der Waals surface area (Å²) in [7, 11) is 3.36. The Morgan fingerprint density at radius 3 is 2.50 bits per heavy atom. The Balaban J connectivity index is 2.84. The van der Waals surface area contributed by atoms with Crippen LogP contribution in [-0.2, 0) is 4.79 Å². The van der Waals surface area contributed by atoms with Crippen LogP contribution < -0.4 is 5.32 Å². The zero-order valence-corrected chi connectivity index (χ0v) is 10.9. The molecule has 0 heterocycles. The molecule has 1 aromatic carbocycles. The van der Waals surface area contributed by atoms with Crippen LogP contribution in [0, 0.1) is 17.0 Å². The molecule has 1 unspecified atom stereocenters. The first-order valence-corrected chi connectivity index (χ1v) is 5.55. The molecule has 0 saturated heterocycles. The Bertz CT molecular complexity index is 472. The van der Waals surface area contributed by atoms with Gasteiger partial charge in [0.1, 0.15) is 6.04 Å². The molecule has 1 amide bonds. The maximum absolute atomic E-state index is 11.7. The fourth-order valence-corrected chi connectivity index (χ4v) is 1.65. The van der Waals surface area contributed by atoms with Gasteiger partial charge in [-0.3, -0.25) is 14.9 Å². The molecule has 6 heteroatoms. The van der Waals surface area contributed by atoms with Gasteiger partial charge in [0, 0.05) is 31.4 Å². The first kappa shape index (κ1) is 14.0. The lowest BCUT2D eigenvalue weighted by atomic mass is 10.1. The molecule has 1 aromatic rings. The minimum Gasteiger partial charge on any atom is -0.374 e. The summed E-state index contributed by atoms with van der Waals surface area (Å²) in [5, 5.41) is 13.7. The van der Waals surface area contributed by atoms with Crippen LogP contribution >= 0.6 is 0 Å². The van der Waals surface area contributed by atoms with Gasteiger partial charge in [0.15, 0.2) is 0 Å². The van der Waals surface area contributed by atoms with Gasteiger partial charge in [-0.15, -0.1) is 0 Å². The van der Waals surface area contributed by atoms with Crippen LogP contribution in [0.5, 0.6) is 0 Å². The Morgan fingerprint density at radius 1 is 1.44 bits per heavy atom. The monoisotopic (exact) mass is 251 g/mol. The van der Waals surface area contributed by atoms with E-state index in [1.54, 1.807) is 40.1 Å². The molecule has 0 radical (unpaired) electrons. The van der Waals surface area contributed by atoms with E-state index in [4.69, 9.17) is 0 Å². The van der Waals surface area contributed by atoms with Crippen molar-refractivity contribution in [3.8, 4) is 0 Å². The maximum atomic E-state index is 11.7. The molecule has 0 aliphatic rings. The Kier molecular flexibility index (Phi) is 4.25. The van der Waals surface area contributed by atoms with Crippen molar-refractivity contribution in [3.05, 3.63) is 33.9 Å². The summed E-state index contributed by atoms with van der Waals surface area (Å²) in [5.41, 5.74) is 1.34. The highest BCUT2D eigenvalue weighted by molar-refractivity contribution is 5.83. The number of carbonyl (C=O) groups is 1. The average Bonchev–Trinajstić information content (AvgIpc) is 2.27. The number of hydrogen-bond donors (Lipinski definition) is 1. The SMILES string of the molecule is Cc1cc(NC(C)C(=O)N(C)C)ccc1[N+](=O)[O-]. The van der Waals surface area contributed by atoms with E-state index < -0.39 is 4.92 Å². The number of hydrogen-bond acceptors (Lipinski definition) is 4. The van der Waals surface area contributed by atoms with Crippen LogP contribution in [0.3, 0.4) is 0 Å². The number of nitrogens with zero attached hydrogens (tertiary/aromatic N) is 2. The molecule has 0 aromatic heterocycles. The van der Waals surface area contributed by atoms with E-state index in [-0.39, 0.29) is 17.6 Å². The number of carbonyl (C=O) groups excluding carboxylic acids is 1. The van der Waals surface area contributed by atoms with Crippen molar-refractivity contribution in [2.45, 2.75) is 19.9 Å². The highest BCUT2D eigenvalue weighted by atomic mass is 16.6. The second-order valence-corrected chi connectivity index (χ2v) is 4.36. The molecule has 0 bridgehead atoms. The van der Waals surface area contributed by atoms with Crippen molar-refractivity contribution in [2.75, 3.05) is 19.4 Å². The van der Waals surface area contributed by atoms with Crippen molar-refractivity contribution in [2.24, 2.45) is 0 Å². The molecule has 0 aliphatic heterocycles. The fraction of sp³-hybridized carbons (Fsp3) is 0.417. The van der Waals surface area contributed by atoms with Gasteiger partial charge in [-0.05, 0) is 26.0 Å². The van der Waals surface area contributed by atoms with Crippen molar-refractivity contribution in [1.82, 2.24) is 4.90 Å². The maximum Gasteiger partial charge on any atom is 0.272 e. The minimum absolute atomic E-state index is 0.0500. The fourth-order valence-electron chi connectivity index (χ4n) is 1.65. The third-order valence-electron chi connectivity index (χ3n) is 2.59. The summed E-state index contributed by atoms with van der Waals surface area (Å²) < 4.78 is 0. The molecule has 1 rings (SSSR count). The predicted octanol–water partition coefficient (Wildman–Crippen LogP) is 1.79. The number of aryl methyl sites for hydroxylation is 1. The van der Waals surface area contributed by atoms with Gasteiger partial charge in [-0.1, -0.05) is 0 Å². The molecule has 1 atom stereocenters. The molecule has 0 saturated carbocycles. The van der Waals surface area contributed by atoms with Gasteiger partial charge in [0.2, 0.25) is 5.91 Å². The van der Waals surface area contributed by atoms with Crippen LogP contribution in [0.25, 0.3) is 0 Å². The zero-order valence-electron chi connectivity index (χ0n) is 10.9. The van der Waals surface area contributed by atoms with Gasteiger partial charge in [0.25, 0.3) is 5.69 Å². The quantitative estimate of drug-likeness (QED) is 0.654. The van der Waals surface area contributed by atoms with Crippen molar-refractivity contribution >= 4 is 17.3 Å². The molecule has 1 N–H and O–H groups in total. The number of nitro groups is 1. The van der Waals surface area contributed by atoms with Crippen molar-refractivity contribution in [1.29, 1.82) is 0 Å². The molecule has 18 heavy (non-hydrogen) atoms. The van der Waals surface area contributed by atoms with Crippen LogP contribution in [0.2, 0.25) is 0 Å². The first-order valence-electron chi connectivity index (χ1n) is 5.55. The lowest BCUT2D eigenvalue weighted by Crippen LogP contribution is -2.36. The van der Waals surface area contributed by atoms with Crippen LogP contribution in [0.4, 0.5) is 11.4 Å². The van der Waals surface area contributed by atoms with Crippen molar-refractivity contribution < 1.29 is 9.72 Å². The third-order valence-corrected chi connectivity index (χ3v) is 2.59. The molecular formula is C12H17N3O3. The second kappa shape index (κ2) is 5.48. The number of rotatable bonds is 4. The number of benzene rings is 1. The minimum atomic E-state index is -0.423. The number of anilines is 1. The summed E-state index contributed by atoms with van der Waals surface area (Å²) in [6.07, 6.45) is 0. The molecule has 6 nitrogen and oxygen atoms in total. The van der Waals surface area contributed by atoms with E-state index >= 15 is 0 Å². The lowest BCUT2D eigenvalue weighted by Gasteiger charge is -2.19. The van der Waals surface area contributed by atoms with Gasteiger partial charge in [-0.25, -0.2) is 0 Å². The average molecular weight is 251 g/mol. The van der Waals surface area contributed by atoms with Gasteiger partial charge in [0.05, 0.1) is 4.92 Å². The highest BCUT2D eigenvalue weighted by Gasteiger charge is 2.16. The number of amides is 1. The third kappa shape index (κ3) is 3.19. The largest absolute Gasteiger partial charge is 0.374 e. The van der Waals surface area contributed by atoms with Crippen LogP contribution in [-0.4, -0.2) is 35.9 Å². The zero-order chi connectivity index (χ0) is 13.9. The van der Waals surface area contributed by atoms with E-state index in [0.717, 1.165) is 0 Å². The van der Waals surface area contributed by atoms with Crippen LogP contribution in [0.1, 0.15) is 12.5 Å². The Hall–Kier alpha value is -2.11. The number of nitrogens with one attached hydrogen (secondary N) is 1. The first-order chi connectivity index (χ1) is 8.32. The van der Waals surface area contributed by atoms with E-state index in [2.05, 4.69) is 5.32 Å². The molecule has 0 aliphatic carbocycles. The van der Waals surface area contributed by atoms with Gasteiger partial charge >= 0.3 is 0 Å². The summed E-state index contributed by atoms with van der Waals surface area (Å²) in [5.74, 6) is -0.0500. The normalized spacial score (nSPS) is 11.8. The topological polar surface area (TPSA) is 75.5 Å². The van der Waals surface area contributed by atoms with Crippen LogP contribution in [0.15, 0.2) is 18.2 Å². The summed E-state index contributed by atoms with van der Waals surface area (Å²) in [6, 6.07) is 4.33. The van der Waals surface area contributed by atoms with Gasteiger partial charge in [-0.2, -0.15) is 0 Å². The molecule has 98 valence electrons. The molecule has 0 fully saturated rings. The second-order valence-electron chi connectivity index (χ2n) is 4.36. The molecular weight excluding hydrogens is 234 g/mol. The van der Waals surface area contributed by atoms with Gasteiger partial charge < -0.3 is 10.2 Å². The summed E-state index contributed by atoms with van der Waals surface area (Å²) in [6.45, 7) is 3.42. The van der Waals surface area contributed by atoms with E-state index in [0.29, 0.717) is 11.3 Å².